The van der Waals surface area contributed by atoms with E-state index in [0.717, 1.165) is 36.6 Å². The van der Waals surface area contributed by atoms with Gasteiger partial charge in [-0.25, -0.2) is 9.97 Å². The Balaban J connectivity index is 1.74. The summed E-state index contributed by atoms with van der Waals surface area (Å²) in [7, 11) is 0. The van der Waals surface area contributed by atoms with Crippen LogP contribution in [0.25, 0.3) is 11.4 Å². The number of unbranched alkanes of at least 4 members (excludes halogenated alkanes) is 8. The molecule has 0 amide bonds. The van der Waals surface area contributed by atoms with Gasteiger partial charge >= 0.3 is 0 Å². The number of rotatable bonds is 14. The molecule has 0 unspecified atom stereocenters. The smallest absolute Gasteiger partial charge is 0.159 e. The van der Waals surface area contributed by atoms with Crippen molar-refractivity contribution in [2.75, 3.05) is 6.61 Å². The van der Waals surface area contributed by atoms with E-state index < -0.39 is 0 Å². The van der Waals surface area contributed by atoms with Gasteiger partial charge in [0, 0.05) is 18.0 Å². The van der Waals surface area contributed by atoms with Crippen LogP contribution < -0.4 is 4.74 Å². The van der Waals surface area contributed by atoms with E-state index in [0.29, 0.717) is 0 Å². The van der Waals surface area contributed by atoms with Crippen LogP contribution in [0.15, 0.2) is 36.7 Å². The summed E-state index contributed by atoms with van der Waals surface area (Å²) in [5.41, 5.74) is 2.28. The van der Waals surface area contributed by atoms with E-state index >= 15 is 0 Å². The molecule has 3 heteroatoms. The monoisotopic (exact) mass is 368 g/mol. The van der Waals surface area contributed by atoms with E-state index in [2.05, 4.69) is 23.8 Å². The van der Waals surface area contributed by atoms with E-state index in [1.54, 1.807) is 0 Å². The van der Waals surface area contributed by atoms with Crippen LogP contribution in [0.4, 0.5) is 0 Å². The van der Waals surface area contributed by atoms with Crippen molar-refractivity contribution in [2.45, 2.75) is 84.5 Å². The lowest BCUT2D eigenvalue weighted by atomic mass is 10.1. The number of aryl methyl sites for hydroxylation is 1. The van der Waals surface area contributed by atoms with Crippen LogP contribution in [0.3, 0.4) is 0 Å². The second kappa shape index (κ2) is 13.3. The Kier molecular flexibility index (Phi) is 10.5. The van der Waals surface area contributed by atoms with Gasteiger partial charge in [0.1, 0.15) is 5.75 Å². The number of ether oxygens (including phenoxy) is 1. The first-order chi connectivity index (χ1) is 13.3. The van der Waals surface area contributed by atoms with E-state index in [1.165, 1.54) is 63.4 Å². The summed E-state index contributed by atoms with van der Waals surface area (Å²) >= 11 is 0. The zero-order valence-corrected chi connectivity index (χ0v) is 17.3. The lowest BCUT2D eigenvalue weighted by molar-refractivity contribution is 0.305. The topological polar surface area (TPSA) is 35.0 Å². The molecule has 148 valence electrons. The Bertz CT molecular complexity index is 607. The predicted octanol–water partition coefficient (Wildman–Crippen LogP) is 7.01. The van der Waals surface area contributed by atoms with E-state index in [9.17, 15) is 0 Å². The molecule has 1 aromatic heterocycles. The minimum absolute atomic E-state index is 0.788. The largest absolute Gasteiger partial charge is 0.494 e. The molecule has 0 fully saturated rings. The molecule has 2 aromatic rings. The summed E-state index contributed by atoms with van der Waals surface area (Å²) < 4.78 is 5.80. The first kappa shape index (κ1) is 21.4. The van der Waals surface area contributed by atoms with Crippen molar-refractivity contribution in [3.05, 3.63) is 42.2 Å². The van der Waals surface area contributed by atoms with Crippen LogP contribution in [-0.2, 0) is 6.42 Å². The average Bonchev–Trinajstić information content (AvgIpc) is 2.71. The third-order valence-electron chi connectivity index (χ3n) is 4.90. The van der Waals surface area contributed by atoms with E-state index in [-0.39, 0.29) is 0 Å². The van der Waals surface area contributed by atoms with Crippen molar-refractivity contribution in [2.24, 2.45) is 0 Å². The SMILES string of the molecule is CCCCCCCCc1cnc(-c2ccc(OCCCCCC)cc2)nc1. The van der Waals surface area contributed by atoms with Gasteiger partial charge in [0.25, 0.3) is 0 Å². The molecule has 0 aliphatic carbocycles. The van der Waals surface area contributed by atoms with Gasteiger partial charge in [0.05, 0.1) is 6.61 Å². The molecule has 2 rings (SSSR count). The fraction of sp³-hybridized carbons (Fsp3) is 0.583. The van der Waals surface area contributed by atoms with Gasteiger partial charge in [-0.2, -0.15) is 0 Å². The third kappa shape index (κ3) is 8.55. The summed E-state index contributed by atoms with van der Waals surface area (Å²) in [5, 5.41) is 0. The maximum atomic E-state index is 5.80. The Hall–Kier alpha value is -1.90. The number of hydrogen-bond acceptors (Lipinski definition) is 3. The van der Waals surface area contributed by atoms with Crippen LogP contribution in [0.5, 0.6) is 5.75 Å². The summed E-state index contributed by atoms with van der Waals surface area (Å²) in [4.78, 5) is 9.10. The minimum atomic E-state index is 0.788. The van der Waals surface area contributed by atoms with Crippen molar-refractivity contribution in [1.29, 1.82) is 0 Å². The molecule has 3 nitrogen and oxygen atoms in total. The average molecular weight is 369 g/mol. The van der Waals surface area contributed by atoms with Gasteiger partial charge in [-0.1, -0.05) is 65.2 Å². The molecule has 0 atom stereocenters. The molecule has 0 saturated carbocycles. The van der Waals surface area contributed by atoms with Crippen LogP contribution in [0.1, 0.15) is 83.6 Å². The first-order valence-corrected chi connectivity index (χ1v) is 10.9. The second-order valence-electron chi connectivity index (χ2n) is 7.37. The summed E-state index contributed by atoms with van der Waals surface area (Å²) in [6, 6.07) is 8.12. The first-order valence-electron chi connectivity index (χ1n) is 10.9. The molecule has 0 aliphatic heterocycles. The second-order valence-corrected chi connectivity index (χ2v) is 7.37. The number of aromatic nitrogens is 2. The third-order valence-corrected chi connectivity index (χ3v) is 4.90. The van der Waals surface area contributed by atoms with Gasteiger partial charge in [-0.15, -0.1) is 0 Å². The quantitative estimate of drug-likeness (QED) is 0.336. The summed E-state index contributed by atoms with van der Waals surface area (Å²) in [6.45, 7) is 5.28. The van der Waals surface area contributed by atoms with E-state index in [4.69, 9.17) is 4.74 Å². The van der Waals surface area contributed by atoms with Gasteiger partial charge in [-0.05, 0) is 49.1 Å². The van der Waals surface area contributed by atoms with Crippen LogP contribution in [-0.4, -0.2) is 16.6 Å². The van der Waals surface area contributed by atoms with Crippen molar-refractivity contribution in [1.82, 2.24) is 9.97 Å². The van der Waals surface area contributed by atoms with Gasteiger partial charge < -0.3 is 4.74 Å². The molecular weight excluding hydrogens is 332 g/mol. The molecule has 0 saturated heterocycles. The van der Waals surface area contributed by atoms with Crippen LogP contribution in [0, 0.1) is 0 Å². The normalized spacial score (nSPS) is 10.9. The fourth-order valence-electron chi connectivity index (χ4n) is 3.16. The van der Waals surface area contributed by atoms with Gasteiger partial charge in [0.15, 0.2) is 5.82 Å². The molecule has 1 aromatic carbocycles. The summed E-state index contributed by atoms with van der Waals surface area (Å²) in [6.07, 6.45) is 17.9. The highest BCUT2D eigenvalue weighted by atomic mass is 16.5. The Labute approximate surface area is 165 Å². The van der Waals surface area contributed by atoms with Crippen LogP contribution in [0.2, 0.25) is 0 Å². The van der Waals surface area contributed by atoms with Crippen molar-refractivity contribution in [3.8, 4) is 17.1 Å². The Morgan fingerprint density at radius 1 is 0.704 bits per heavy atom. The van der Waals surface area contributed by atoms with Crippen molar-refractivity contribution >= 4 is 0 Å². The standard InChI is InChI=1S/C24H36N2O/c1-3-5-7-9-10-11-13-21-19-25-24(26-20-21)22-14-16-23(17-15-22)27-18-12-8-6-4-2/h14-17,19-20H,3-13,18H2,1-2H3. The number of benzene rings is 1. The molecule has 27 heavy (non-hydrogen) atoms. The number of nitrogens with zero attached hydrogens (tertiary/aromatic N) is 2. The molecule has 0 radical (unpaired) electrons. The van der Waals surface area contributed by atoms with Gasteiger partial charge in [-0.3, -0.25) is 0 Å². The molecule has 0 aliphatic rings. The molecule has 1 heterocycles. The predicted molar refractivity (Wildman–Crippen MR) is 114 cm³/mol. The van der Waals surface area contributed by atoms with Crippen LogP contribution >= 0.6 is 0 Å². The van der Waals surface area contributed by atoms with Crippen molar-refractivity contribution < 1.29 is 4.74 Å². The lowest BCUT2D eigenvalue weighted by Crippen LogP contribution is -1.97. The zero-order chi connectivity index (χ0) is 19.2. The summed E-state index contributed by atoms with van der Waals surface area (Å²) in [5.74, 6) is 1.71. The Morgan fingerprint density at radius 3 is 1.96 bits per heavy atom. The molecule has 0 spiro atoms. The lowest BCUT2D eigenvalue weighted by Gasteiger charge is -2.07. The molecular formula is C24H36N2O. The van der Waals surface area contributed by atoms with Crippen molar-refractivity contribution in [3.63, 3.8) is 0 Å². The Morgan fingerprint density at radius 2 is 1.30 bits per heavy atom. The highest BCUT2D eigenvalue weighted by Crippen LogP contribution is 2.20. The maximum Gasteiger partial charge on any atom is 0.159 e. The highest BCUT2D eigenvalue weighted by Gasteiger charge is 2.03. The fourth-order valence-corrected chi connectivity index (χ4v) is 3.16. The minimum Gasteiger partial charge on any atom is -0.494 e. The zero-order valence-electron chi connectivity index (χ0n) is 17.3. The highest BCUT2D eigenvalue weighted by molar-refractivity contribution is 5.55. The van der Waals surface area contributed by atoms with Gasteiger partial charge in [0.2, 0.25) is 0 Å². The van der Waals surface area contributed by atoms with E-state index in [1.807, 2.05) is 36.7 Å². The maximum absolute atomic E-state index is 5.80. The number of hydrogen-bond donors (Lipinski definition) is 0. The molecule has 0 bridgehead atoms. The molecule has 0 N–H and O–H groups in total.